The van der Waals surface area contributed by atoms with E-state index in [2.05, 4.69) is 4.85 Å². The number of hydrogen-bond acceptors (Lipinski definition) is 3. The molecule has 1 atom stereocenters. The van der Waals surface area contributed by atoms with E-state index in [-0.39, 0.29) is 12.4 Å². The van der Waals surface area contributed by atoms with Gasteiger partial charge in [-0.25, -0.2) is 6.57 Å². The van der Waals surface area contributed by atoms with E-state index in [4.69, 9.17) is 20.8 Å². The summed E-state index contributed by atoms with van der Waals surface area (Å²) in [5.41, 5.74) is 0. The first kappa shape index (κ1) is 11.4. The molecule has 0 aliphatic carbocycles. The van der Waals surface area contributed by atoms with Gasteiger partial charge in [0.25, 0.3) is 0 Å². The van der Waals surface area contributed by atoms with Gasteiger partial charge in [0.2, 0.25) is 6.54 Å². The van der Waals surface area contributed by atoms with E-state index in [0.29, 0.717) is 13.0 Å². The van der Waals surface area contributed by atoms with Gasteiger partial charge in [-0.15, -0.1) is 0 Å². The minimum Gasteiger partial charge on any atom is -0.373 e. The molecule has 0 aromatic carbocycles. The Hall–Kier alpha value is -0.630. The molecule has 0 aromatic rings. The summed E-state index contributed by atoms with van der Waals surface area (Å²) in [5.74, 6) is 0. The Balaban J connectivity index is 3.75. The maximum atomic E-state index is 6.66. The lowest BCUT2D eigenvalue weighted by atomic mass is 10.2. The van der Waals surface area contributed by atoms with Crippen LogP contribution in [0.1, 0.15) is 6.42 Å². The number of methoxy groups -OCH3 is 3. The van der Waals surface area contributed by atoms with Crippen LogP contribution in [0.3, 0.4) is 0 Å². The Bertz CT molecular complexity index is 140. The predicted molar refractivity (Wildman–Crippen MR) is 44.7 cm³/mol. The van der Waals surface area contributed by atoms with Crippen molar-refractivity contribution in [3.05, 3.63) is 11.4 Å². The van der Waals surface area contributed by atoms with Gasteiger partial charge in [-0.1, -0.05) is 0 Å². The van der Waals surface area contributed by atoms with Gasteiger partial charge in [0.05, 0.1) is 0 Å². The maximum Gasteiger partial charge on any atom is 0.240 e. The molecule has 4 nitrogen and oxygen atoms in total. The van der Waals surface area contributed by atoms with Gasteiger partial charge >= 0.3 is 0 Å². The summed E-state index contributed by atoms with van der Waals surface area (Å²) >= 11 is 0. The average molecular weight is 173 g/mol. The van der Waals surface area contributed by atoms with Gasteiger partial charge in [0, 0.05) is 27.8 Å². The summed E-state index contributed by atoms with van der Waals surface area (Å²) in [6.07, 6.45) is 0.204. The largest absolute Gasteiger partial charge is 0.373 e. The van der Waals surface area contributed by atoms with Gasteiger partial charge in [0.15, 0.2) is 6.29 Å². The lowest BCUT2D eigenvalue weighted by molar-refractivity contribution is -0.124. The highest BCUT2D eigenvalue weighted by Crippen LogP contribution is 2.06. The van der Waals surface area contributed by atoms with E-state index in [1.807, 2.05) is 0 Å². The van der Waals surface area contributed by atoms with Gasteiger partial charge in [0.1, 0.15) is 6.10 Å². The molecule has 70 valence electrons. The Morgan fingerprint density at radius 3 is 2.08 bits per heavy atom. The van der Waals surface area contributed by atoms with Crippen LogP contribution in [0.25, 0.3) is 4.85 Å². The molecule has 0 rings (SSSR count). The molecule has 0 aromatic heterocycles. The molecule has 0 saturated heterocycles. The normalized spacial score (nSPS) is 12.9. The predicted octanol–water partition coefficient (Wildman–Crippen LogP) is 0.930. The zero-order valence-electron chi connectivity index (χ0n) is 7.74. The summed E-state index contributed by atoms with van der Waals surface area (Å²) in [6, 6.07) is 0. The molecule has 0 radical (unpaired) electrons. The zero-order chi connectivity index (χ0) is 9.40. The number of nitrogens with zero attached hydrogens (tertiary/aromatic N) is 1. The summed E-state index contributed by atoms with van der Waals surface area (Å²) in [5, 5.41) is 0. The zero-order valence-corrected chi connectivity index (χ0v) is 7.74. The molecule has 1 unspecified atom stereocenters. The Kier molecular flexibility index (Phi) is 6.67. The van der Waals surface area contributed by atoms with Crippen molar-refractivity contribution in [1.82, 2.24) is 0 Å². The summed E-state index contributed by atoms with van der Waals surface area (Å²) in [7, 11) is 4.72. The molecular weight excluding hydrogens is 158 g/mol. The molecule has 0 heterocycles. The van der Waals surface area contributed by atoms with Crippen molar-refractivity contribution in [3.63, 3.8) is 0 Å². The van der Waals surface area contributed by atoms with E-state index in [0.717, 1.165) is 0 Å². The van der Waals surface area contributed by atoms with Gasteiger partial charge < -0.3 is 19.1 Å². The highest BCUT2D eigenvalue weighted by atomic mass is 16.7. The quantitative estimate of drug-likeness (QED) is 0.442. The molecule has 0 spiro atoms. The summed E-state index contributed by atoms with van der Waals surface area (Å²) in [4.78, 5) is 3.24. The van der Waals surface area contributed by atoms with Crippen molar-refractivity contribution in [2.45, 2.75) is 18.8 Å². The lowest BCUT2D eigenvalue weighted by Crippen LogP contribution is -2.24. The van der Waals surface area contributed by atoms with E-state index >= 15 is 0 Å². The molecule has 0 amide bonds. The standard InChI is InChI=1S/C8H15NO3/c1-9-6-7(10-2)5-8(11-3)12-4/h7-8H,5-6H2,2-4H3. The van der Waals surface area contributed by atoms with Crippen LogP contribution in [-0.2, 0) is 14.2 Å². The fraction of sp³-hybridized carbons (Fsp3) is 0.875. The number of hydrogen-bond donors (Lipinski definition) is 0. The molecule has 0 saturated carbocycles. The average Bonchev–Trinajstić information content (AvgIpc) is 2.12. The van der Waals surface area contributed by atoms with E-state index < -0.39 is 0 Å². The monoisotopic (exact) mass is 173 g/mol. The summed E-state index contributed by atoms with van der Waals surface area (Å²) in [6.45, 7) is 7.01. The first-order valence-corrected chi connectivity index (χ1v) is 3.70. The molecule has 0 fully saturated rings. The van der Waals surface area contributed by atoms with Crippen LogP contribution in [0.15, 0.2) is 0 Å². The van der Waals surface area contributed by atoms with Crippen LogP contribution in [0.4, 0.5) is 0 Å². The van der Waals surface area contributed by atoms with Crippen LogP contribution in [-0.4, -0.2) is 40.3 Å². The SMILES string of the molecule is [C-]#[N+]CC(CC(OC)OC)OC. The first-order chi connectivity index (χ1) is 5.78. The van der Waals surface area contributed by atoms with Gasteiger partial charge in [-0.3, -0.25) is 0 Å². The van der Waals surface area contributed by atoms with Crippen molar-refractivity contribution < 1.29 is 14.2 Å². The second-order valence-corrected chi connectivity index (χ2v) is 2.34. The molecule has 4 heteroatoms. The van der Waals surface area contributed by atoms with Crippen LogP contribution < -0.4 is 0 Å². The van der Waals surface area contributed by atoms with Crippen LogP contribution in [0, 0.1) is 6.57 Å². The van der Waals surface area contributed by atoms with Crippen molar-refractivity contribution in [1.29, 1.82) is 0 Å². The van der Waals surface area contributed by atoms with Crippen LogP contribution in [0.5, 0.6) is 0 Å². The van der Waals surface area contributed by atoms with Crippen molar-refractivity contribution in [2.24, 2.45) is 0 Å². The third kappa shape index (κ3) is 4.29. The molecular formula is C8H15NO3. The smallest absolute Gasteiger partial charge is 0.240 e. The van der Waals surface area contributed by atoms with Crippen molar-refractivity contribution in [2.75, 3.05) is 27.9 Å². The molecule has 0 aliphatic rings. The maximum absolute atomic E-state index is 6.66. The van der Waals surface area contributed by atoms with Crippen molar-refractivity contribution in [3.8, 4) is 0 Å². The number of ether oxygens (including phenoxy) is 3. The molecule has 0 bridgehead atoms. The van der Waals surface area contributed by atoms with Crippen LogP contribution >= 0.6 is 0 Å². The Morgan fingerprint density at radius 2 is 1.75 bits per heavy atom. The van der Waals surface area contributed by atoms with Gasteiger partial charge in [-0.05, 0) is 0 Å². The van der Waals surface area contributed by atoms with Gasteiger partial charge in [-0.2, -0.15) is 0 Å². The molecule has 0 aliphatic heterocycles. The Morgan fingerprint density at radius 1 is 1.17 bits per heavy atom. The van der Waals surface area contributed by atoms with Crippen molar-refractivity contribution >= 4 is 0 Å². The Labute approximate surface area is 73.2 Å². The molecule has 0 N–H and O–H groups in total. The fourth-order valence-electron chi connectivity index (χ4n) is 0.850. The lowest BCUT2D eigenvalue weighted by Gasteiger charge is -2.16. The number of rotatable bonds is 6. The summed E-state index contributed by atoms with van der Waals surface area (Å²) < 4.78 is 15.0. The highest BCUT2D eigenvalue weighted by Gasteiger charge is 2.17. The highest BCUT2D eigenvalue weighted by molar-refractivity contribution is 4.71. The fourth-order valence-corrected chi connectivity index (χ4v) is 0.850. The molecule has 12 heavy (non-hydrogen) atoms. The van der Waals surface area contributed by atoms with E-state index in [9.17, 15) is 0 Å². The second-order valence-electron chi connectivity index (χ2n) is 2.34. The second kappa shape index (κ2) is 7.04. The third-order valence-electron chi connectivity index (χ3n) is 1.61. The minimum absolute atomic E-state index is 0.104. The third-order valence-corrected chi connectivity index (χ3v) is 1.61. The minimum atomic E-state index is -0.281. The van der Waals surface area contributed by atoms with Crippen LogP contribution in [0.2, 0.25) is 0 Å². The topological polar surface area (TPSA) is 32.0 Å². The first-order valence-electron chi connectivity index (χ1n) is 3.70. The van der Waals surface area contributed by atoms with E-state index in [1.54, 1.807) is 21.3 Å². The van der Waals surface area contributed by atoms with E-state index in [1.165, 1.54) is 0 Å².